The Morgan fingerprint density at radius 1 is 1.17 bits per heavy atom. The van der Waals surface area contributed by atoms with Crippen molar-refractivity contribution < 1.29 is 4.92 Å². The molecule has 0 aliphatic heterocycles. The monoisotopic (exact) mass is 344 g/mol. The third-order valence-corrected chi connectivity index (χ3v) is 4.84. The molecule has 0 unspecified atom stereocenters. The normalized spacial score (nSPS) is 15.4. The standard InChI is InChI=1S/C17H20N4O2S/c22-21(23)15-10-6-7-13(11-15)16-12-24-17(18-16)20-19-14-8-4-2-1-3-5-9-14/h6-7,10-12H,1-5,8-9H2,(H,18,20). The van der Waals surface area contributed by atoms with Crippen LogP contribution in [-0.4, -0.2) is 15.6 Å². The molecule has 0 spiro atoms. The molecule has 24 heavy (non-hydrogen) atoms. The van der Waals surface area contributed by atoms with Gasteiger partial charge in [0.1, 0.15) is 0 Å². The van der Waals surface area contributed by atoms with Gasteiger partial charge in [0.05, 0.1) is 10.6 Å². The molecule has 0 atom stereocenters. The molecule has 7 heteroatoms. The average molecular weight is 344 g/mol. The molecule has 1 heterocycles. The number of nitrogens with one attached hydrogen (secondary N) is 1. The van der Waals surface area contributed by atoms with Gasteiger partial charge in [-0.2, -0.15) is 5.10 Å². The summed E-state index contributed by atoms with van der Waals surface area (Å²) in [6.07, 6.45) is 8.42. The van der Waals surface area contributed by atoms with E-state index in [0.717, 1.165) is 24.1 Å². The first-order valence-corrected chi connectivity index (χ1v) is 9.12. The number of hydrogen-bond acceptors (Lipinski definition) is 6. The number of nitro benzene ring substituents is 1. The quantitative estimate of drug-likeness (QED) is 0.608. The molecule has 6 nitrogen and oxygen atoms in total. The highest BCUT2D eigenvalue weighted by Gasteiger charge is 2.10. The first-order chi connectivity index (χ1) is 11.7. The Balaban J connectivity index is 1.69. The number of nitro groups is 1. The zero-order valence-corrected chi connectivity index (χ0v) is 14.2. The van der Waals surface area contributed by atoms with Crippen molar-refractivity contribution >= 4 is 27.9 Å². The molecule has 1 N–H and O–H groups in total. The predicted molar refractivity (Wildman–Crippen MR) is 97.6 cm³/mol. The minimum absolute atomic E-state index is 0.0739. The van der Waals surface area contributed by atoms with Crippen molar-refractivity contribution in [1.29, 1.82) is 0 Å². The van der Waals surface area contributed by atoms with Gasteiger partial charge in [0.25, 0.3) is 5.69 Å². The maximum Gasteiger partial charge on any atom is 0.270 e. The van der Waals surface area contributed by atoms with E-state index in [1.165, 1.54) is 55.2 Å². The molecular formula is C17H20N4O2S. The van der Waals surface area contributed by atoms with Crippen molar-refractivity contribution in [3.05, 3.63) is 39.8 Å². The third-order valence-electron chi connectivity index (χ3n) is 4.10. The molecule has 3 rings (SSSR count). The second-order valence-corrected chi connectivity index (χ2v) is 6.76. The summed E-state index contributed by atoms with van der Waals surface area (Å²) in [7, 11) is 0. The molecule has 1 aliphatic carbocycles. The molecule has 1 saturated carbocycles. The summed E-state index contributed by atoms with van der Waals surface area (Å²) in [4.78, 5) is 15.0. The average Bonchev–Trinajstić information content (AvgIpc) is 3.03. The molecule has 126 valence electrons. The Bertz CT molecular complexity index is 732. The number of benzene rings is 1. The van der Waals surface area contributed by atoms with E-state index in [2.05, 4.69) is 15.5 Å². The lowest BCUT2D eigenvalue weighted by molar-refractivity contribution is -0.384. The van der Waals surface area contributed by atoms with Gasteiger partial charge in [-0.1, -0.05) is 31.4 Å². The van der Waals surface area contributed by atoms with Gasteiger partial charge >= 0.3 is 0 Å². The Morgan fingerprint density at radius 3 is 2.67 bits per heavy atom. The number of aromatic nitrogens is 1. The van der Waals surface area contributed by atoms with E-state index < -0.39 is 4.92 Å². The van der Waals surface area contributed by atoms with Crippen molar-refractivity contribution in [1.82, 2.24) is 4.98 Å². The summed E-state index contributed by atoms with van der Waals surface area (Å²) < 4.78 is 0. The van der Waals surface area contributed by atoms with Gasteiger partial charge in [-0.3, -0.25) is 15.5 Å². The van der Waals surface area contributed by atoms with Crippen LogP contribution in [0.5, 0.6) is 0 Å². The lowest BCUT2D eigenvalue weighted by atomic mass is 9.99. The largest absolute Gasteiger partial charge is 0.270 e. The Hall–Kier alpha value is -2.28. The molecule has 0 radical (unpaired) electrons. The fourth-order valence-corrected chi connectivity index (χ4v) is 3.45. The maximum absolute atomic E-state index is 10.9. The van der Waals surface area contributed by atoms with E-state index in [1.807, 2.05) is 11.4 Å². The summed E-state index contributed by atoms with van der Waals surface area (Å²) in [6.45, 7) is 0. The van der Waals surface area contributed by atoms with Crippen molar-refractivity contribution in [2.45, 2.75) is 44.9 Å². The fourth-order valence-electron chi connectivity index (χ4n) is 2.79. The van der Waals surface area contributed by atoms with Gasteiger partial charge < -0.3 is 0 Å². The molecule has 1 aromatic carbocycles. The molecule has 0 bridgehead atoms. The number of thiazole rings is 1. The number of rotatable bonds is 4. The SMILES string of the molecule is O=[N+]([O-])c1cccc(-c2csc(NN=C3CCCCCCC3)n2)c1. The van der Waals surface area contributed by atoms with Crippen LogP contribution < -0.4 is 5.43 Å². The molecule has 2 aromatic rings. The number of hydrazone groups is 1. The molecule has 1 fully saturated rings. The second kappa shape index (κ2) is 8.01. The molecule has 0 amide bonds. The maximum atomic E-state index is 10.9. The third kappa shape index (κ3) is 4.38. The molecule has 1 aliphatic rings. The van der Waals surface area contributed by atoms with Crippen molar-refractivity contribution in [2.75, 3.05) is 5.43 Å². The van der Waals surface area contributed by atoms with Gasteiger partial charge in [0.2, 0.25) is 5.13 Å². The van der Waals surface area contributed by atoms with Crippen molar-refractivity contribution in [2.24, 2.45) is 5.10 Å². The van der Waals surface area contributed by atoms with Crippen LogP contribution in [0, 0.1) is 10.1 Å². The van der Waals surface area contributed by atoms with E-state index in [-0.39, 0.29) is 5.69 Å². The van der Waals surface area contributed by atoms with E-state index in [4.69, 9.17) is 0 Å². The highest BCUT2D eigenvalue weighted by molar-refractivity contribution is 7.14. The first-order valence-electron chi connectivity index (χ1n) is 8.24. The highest BCUT2D eigenvalue weighted by Crippen LogP contribution is 2.27. The van der Waals surface area contributed by atoms with Crippen molar-refractivity contribution in [3.8, 4) is 11.3 Å². The van der Waals surface area contributed by atoms with Crippen LogP contribution >= 0.6 is 11.3 Å². The van der Waals surface area contributed by atoms with Gasteiger partial charge in [0.15, 0.2) is 0 Å². The fraction of sp³-hybridized carbons (Fsp3) is 0.412. The Labute approximate surface area is 144 Å². The lowest BCUT2D eigenvalue weighted by Crippen LogP contribution is -2.05. The second-order valence-electron chi connectivity index (χ2n) is 5.90. The van der Waals surface area contributed by atoms with Crippen LogP contribution in [0.15, 0.2) is 34.7 Å². The summed E-state index contributed by atoms with van der Waals surface area (Å²) in [5.41, 5.74) is 5.80. The van der Waals surface area contributed by atoms with Gasteiger partial charge in [-0.15, -0.1) is 11.3 Å². The summed E-state index contributed by atoms with van der Waals surface area (Å²) in [6, 6.07) is 6.52. The Morgan fingerprint density at radius 2 is 1.92 bits per heavy atom. The van der Waals surface area contributed by atoms with Crippen molar-refractivity contribution in [3.63, 3.8) is 0 Å². The highest BCUT2D eigenvalue weighted by atomic mass is 32.1. The number of anilines is 1. The summed E-state index contributed by atoms with van der Waals surface area (Å²) in [5, 5.41) is 18.0. The smallest absolute Gasteiger partial charge is 0.258 e. The van der Waals surface area contributed by atoms with E-state index >= 15 is 0 Å². The topological polar surface area (TPSA) is 80.4 Å². The number of hydrogen-bond donors (Lipinski definition) is 1. The van der Waals surface area contributed by atoms with E-state index in [0.29, 0.717) is 5.13 Å². The van der Waals surface area contributed by atoms with Crippen LogP contribution in [0.4, 0.5) is 10.8 Å². The lowest BCUT2D eigenvalue weighted by Gasteiger charge is -2.10. The van der Waals surface area contributed by atoms with Crippen LogP contribution in [0.3, 0.4) is 0 Å². The van der Waals surface area contributed by atoms with Gasteiger partial charge in [-0.25, -0.2) is 4.98 Å². The van der Waals surface area contributed by atoms with Crippen LogP contribution in [0.2, 0.25) is 0 Å². The zero-order chi connectivity index (χ0) is 16.8. The number of non-ortho nitro benzene ring substituents is 1. The Kier molecular flexibility index (Phi) is 5.53. The van der Waals surface area contributed by atoms with Crippen LogP contribution in [-0.2, 0) is 0 Å². The minimum atomic E-state index is -0.393. The predicted octanol–water partition coefficient (Wildman–Crippen LogP) is 5.23. The zero-order valence-electron chi connectivity index (χ0n) is 13.4. The molecule has 0 saturated heterocycles. The van der Waals surface area contributed by atoms with Gasteiger partial charge in [-0.05, 0) is 25.7 Å². The molecular weight excluding hydrogens is 324 g/mol. The van der Waals surface area contributed by atoms with E-state index in [9.17, 15) is 10.1 Å². The van der Waals surface area contributed by atoms with E-state index in [1.54, 1.807) is 12.1 Å². The van der Waals surface area contributed by atoms with Crippen LogP contribution in [0.25, 0.3) is 11.3 Å². The minimum Gasteiger partial charge on any atom is -0.258 e. The molecule has 1 aromatic heterocycles. The summed E-state index contributed by atoms with van der Waals surface area (Å²) >= 11 is 1.46. The number of nitrogens with zero attached hydrogens (tertiary/aromatic N) is 3. The summed E-state index contributed by atoms with van der Waals surface area (Å²) in [5.74, 6) is 0. The van der Waals surface area contributed by atoms with Gasteiger partial charge in [0, 0.05) is 28.8 Å². The first kappa shape index (κ1) is 16.6. The van der Waals surface area contributed by atoms with Crippen LogP contribution in [0.1, 0.15) is 44.9 Å².